The second-order valence-corrected chi connectivity index (χ2v) is 8.28. The molecular formula is C22H21N5O4S. The van der Waals surface area contributed by atoms with Crippen molar-refractivity contribution in [2.24, 2.45) is 7.05 Å². The molecular weight excluding hydrogens is 430 g/mol. The lowest BCUT2D eigenvalue weighted by Crippen LogP contribution is -2.28. The molecule has 0 radical (unpaired) electrons. The molecule has 0 aliphatic carbocycles. The smallest absolute Gasteiger partial charge is 0.341 e. The van der Waals surface area contributed by atoms with E-state index in [0.717, 1.165) is 16.0 Å². The molecule has 0 atom stereocenters. The van der Waals surface area contributed by atoms with Gasteiger partial charge in [0.05, 0.1) is 12.8 Å². The van der Waals surface area contributed by atoms with Gasteiger partial charge < -0.3 is 10.1 Å². The van der Waals surface area contributed by atoms with Crippen molar-refractivity contribution in [3.05, 3.63) is 63.7 Å². The molecule has 164 valence electrons. The molecule has 1 amide bonds. The molecule has 0 unspecified atom stereocenters. The molecule has 10 heteroatoms. The van der Waals surface area contributed by atoms with E-state index in [9.17, 15) is 14.4 Å². The number of amides is 1. The zero-order valence-corrected chi connectivity index (χ0v) is 18.6. The van der Waals surface area contributed by atoms with Gasteiger partial charge in [-0.15, -0.1) is 11.3 Å². The highest BCUT2D eigenvalue weighted by molar-refractivity contribution is 7.17. The minimum atomic E-state index is -0.512. The third kappa shape index (κ3) is 3.92. The van der Waals surface area contributed by atoms with Crippen LogP contribution in [0.25, 0.3) is 22.2 Å². The number of aryl methyl sites for hydroxylation is 2. The van der Waals surface area contributed by atoms with Gasteiger partial charge in [0, 0.05) is 17.5 Å². The van der Waals surface area contributed by atoms with Crippen LogP contribution in [0.3, 0.4) is 0 Å². The number of aromatic nitrogens is 4. The number of ether oxygens (including phenoxy) is 1. The molecule has 0 saturated heterocycles. The van der Waals surface area contributed by atoms with E-state index in [1.54, 1.807) is 14.0 Å². The highest BCUT2D eigenvalue weighted by Gasteiger charge is 2.25. The highest BCUT2D eigenvalue weighted by Crippen LogP contribution is 2.40. The zero-order valence-electron chi connectivity index (χ0n) is 17.8. The molecule has 3 heterocycles. The van der Waals surface area contributed by atoms with Crippen LogP contribution in [-0.4, -0.2) is 37.8 Å². The van der Waals surface area contributed by atoms with Crippen LogP contribution in [0, 0.1) is 6.92 Å². The van der Waals surface area contributed by atoms with E-state index in [1.807, 2.05) is 37.3 Å². The lowest BCUT2D eigenvalue weighted by Gasteiger charge is -2.10. The number of anilines is 1. The van der Waals surface area contributed by atoms with Crippen LogP contribution in [-0.2, 0) is 23.1 Å². The summed E-state index contributed by atoms with van der Waals surface area (Å²) < 4.78 is 7.96. The number of nitrogens with one attached hydrogen (secondary N) is 1. The SMILES string of the molecule is CCOC(=O)c1c(NC(=O)Cn2cnc3c(cnn3C)c2=O)sc(C)c1-c1ccccc1. The summed E-state index contributed by atoms with van der Waals surface area (Å²) in [5.41, 5.74) is 1.96. The Morgan fingerprint density at radius 1 is 1.22 bits per heavy atom. The number of thiophene rings is 1. The number of benzene rings is 1. The maximum atomic E-state index is 12.8. The molecule has 0 spiro atoms. The van der Waals surface area contributed by atoms with Crippen LogP contribution in [0.15, 0.2) is 47.7 Å². The van der Waals surface area contributed by atoms with E-state index in [2.05, 4.69) is 15.4 Å². The first-order valence-corrected chi connectivity index (χ1v) is 10.7. The number of carbonyl (C=O) groups excluding carboxylic acids is 2. The maximum Gasteiger partial charge on any atom is 0.341 e. The van der Waals surface area contributed by atoms with E-state index in [-0.39, 0.29) is 18.7 Å². The summed E-state index contributed by atoms with van der Waals surface area (Å²) in [6.45, 7) is 3.57. The van der Waals surface area contributed by atoms with Crippen molar-refractivity contribution in [1.29, 1.82) is 0 Å². The quantitative estimate of drug-likeness (QED) is 0.452. The summed E-state index contributed by atoms with van der Waals surface area (Å²) in [5.74, 6) is -0.967. The lowest BCUT2D eigenvalue weighted by atomic mass is 10.0. The fraction of sp³-hybridized carbons (Fsp3) is 0.227. The summed E-state index contributed by atoms with van der Waals surface area (Å²) in [4.78, 5) is 43.3. The standard InChI is InChI=1S/C22H21N5O4S/c1-4-31-22(30)18-17(14-8-6-5-7-9-14)13(2)32-20(18)25-16(28)11-27-12-23-19-15(21(27)29)10-24-26(19)3/h5-10,12H,4,11H2,1-3H3,(H,25,28). The normalized spacial score (nSPS) is 11.0. The van der Waals surface area contributed by atoms with E-state index in [4.69, 9.17) is 4.74 Å². The summed E-state index contributed by atoms with van der Waals surface area (Å²) in [6.07, 6.45) is 2.74. The van der Waals surface area contributed by atoms with Gasteiger partial charge in [-0.25, -0.2) is 9.78 Å². The number of hydrogen-bond donors (Lipinski definition) is 1. The van der Waals surface area contributed by atoms with E-state index < -0.39 is 11.9 Å². The first-order valence-electron chi connectivity index (χ1n) is 9.93. The summed E-state index contributed by atoms with van der Waals surface area (Å²) >= 11 is 1.29. The van der Waals surface area contributed by atoms with Gasteiger partial charge in [0.1, 0.15) is 28.8 Å². The number of carbonyl (C=O) groups is 2. The predicted octanol–water partition coefficient (Wildman–Crippen LogP) is 2.98. The number of esters is 1. The van der Waals surface area contributed by atoms with Gasteiger partial charge in [0.15, 0.2) is 5.65 Å². The molecule has 1 N–H and O–H groups in total. The van der Waals surface area contributed by atoms with Crippen LogP contribution in [0.5, 0.6) is 0 Å². The van der Waals surface area contributed by atoms with Gasteiger partial charge in [-0.3, -0.25) is 18.8 Å². The van der Waals surface area contributed by atoms with Crippen molar-refractivity contribution in [2.75, 3.05) is 11.9 Å². The number of rotatable bonds is 6. The molecule has 32 heavy (non-hydrogen) atoms. The molecule has 0 bridgehead atoms. The van der Waals surface area contributed by atoms with E-state index >= 15 is 0 Å². The predicted molar refractivity (Wildman–Crippen MR) is 122 cm³/mol. The molecule has 9 nitrogen and oxygen atoms in total. The Kier molecular flexibility index (Phi) is 5.87. The summed E-state index contributed by atoms with van der Waals surface area (Å²) in [5, 5.41) is 7.51. The minimum absolute atomic E-state index is 0.210. The largest absolute Gasteiger partial charge is 0.462 e. The maximum absolute atomic E-state index is 12.8. The van der Waals surface area contributed by atoms with E-state index in [0.29, 0.717) is 21.6 Å². The Morgan fingerprint density at radius 3 is 2.69 bits per heavy atom. The number of nitrogens with zero attached hydrogens (tertiary/aromatic N) is 4. The van der Waals surface area contributed by atoms with Crippen LogP contribution >= 0.6 is 11.3 Å². The number of hydrogen-bond acceptors (Lipinski definition) is 7. The topological polar surface area (TPSA) is 108 Å². The third-order valence-electron chi connectivity index (χ3n) is 4.91. The Bertz CT molecular complexity index is 1370. The Balaban J connectivity index is 1.67. The van der Waals surface area contributed by atoms with Gasteiger partial charge in [-0.1, -0.05) is 30.3 Å². The lowest BCUT2D eigenvalue weighted by molar-refractivity contribution is -0.116. The molecule has 0 aliphatic rings. The Labute approximate surface area is 187 Å². The third-order valence-corrected chi connectivity index (χ3v) is 5.93. The van der Waals surface area contributed by atoms with Crippen molar-refractivity contribution in [1.82, 2.24) is 19.3 Å². The second-order valence-electron chi connectivity index (χ2n) is 7.06. The van der Waals surface area contributed by atoms with Gasteiger partial charge in [-0.2, -0.15) is 5.10 Å². The fourth-order valence-corrected chi connectivity index (χ4v) is 4.56. The van der Waals surface area contributed by atoms with Crippen molar-refractivity contribution in [3.8, 4) is 11.1 Å². The van der Waals surface area contributed by atoms with Crippen LogP contribution in [0.1, 0.15) is 22.2 Å². The summed E-state index contributed by atoms with van der Waals surface area (Å²) in [6, 6.07) is 9.46. The molecule has 4 rings (SSSR count). The van der Waals surface area contributed by atoms with Crippen molar-refractivity contribution < 1.29 is 14.3 Å². The van der Waals surface area contributed by atoms with Gasteiger partial charge in [0.2, 0.25) is 5.91 Å². The van der Waals surface area contributed by atoms with Crippen molar-refractivity contribution in [3.63, 3.8) is 0 Å². The van der Waals surface area contributed by atoms with Gasteiger partial charge in [-0.05, 0) is 19.4 Å². The Hall–Kier alpha value is -3.79. The van der Waals surface area contributed by atoms with Crippen LogP contribution < -0.4 is 10.9 Å². The first-order chi connectivity index (χ1) is 15.4. The fourth-order valence-electron chi connectivity index (χ4n) is 3.48. The Morgan fingerprint density at radius 2 is 1.97 bits per heavy atom. The molecule has 0 fully saturated rings. The molecule has 0 saturated carbocycles. The minimum Gasteiger partial charge on any atom is -0.462 e. The second kappa shape index (κ2) is 8.75. The van der Waals surface area contributed by atoms with Crippen molar-refractivity contribution >= 4 is 39.2 Å². The number of fused-ring (bicyclic) bond motifs is 1. The zero-order chi connectivity index (χ0) is 22.8. The summed E-state index contributed by atoms with van der Waals surface area (Å²) in [7, 11) is 1.69. The van der Waals surface area contributed by atoms with Gasteiger partial charge >= 0.3 is 5.97 Å². The van der Waals surface area contributed by atoms with Crippen molar-refractivity contribution in [2.45, 2.75) is 20.4 Å². The highest BCUT2D eigenvalue weighted by atomic mass is 32.1. The molecule has 0 aliphatic heterocycles. The van der Waals surface area contributed by atoms with E-state index in [1.165, 1.54) is 33.1 Å². The monoisotopic (exact) mass is 451 g/mol. The molecule has 4 aromatic rings. The van der Waals surface area contributed by atoms with Crippen LogP contribution in [0.2, 0.25) is 0 Å². The van der Waals surface area contributed by atoms with Crippen LogP contribution in [0.4, 0.5) is 5.00 Å². The first kappa shape index (κ1) is 21.4. The average molecular weight is 452 g/mol. The molecule has 1 aromatic carbocycles. The molecule has 3 aromatic heterocycles. The van der Waals surface area contributed by atoms with Gasteiger partial charge in [0.25, 0.3) is 5.56 Å². The average Bonchev–Trinajstić information content (AvgIpc) is 3.30.